The predicted octanol–water partition coefficient (Wildman–Crippen LogP) is 3.19. The first kappa shape index (κ1) is 15.1. The molecule has 1 aliphatic heterocycles. The van der Waals surface area contributed by atoms with Crippen LogP contribution in [0.25, 0.3) is 0 Å². The SMILES string of the molecule is C[C@H](CNC(=O)Nc1cccc(Cl)c1)CN1CCCC1. The van der Waals surface area contributed by atoms with Crippen LogP contribution in [0, 0.1) is 5.92 Å². The molecule has 1 aliphatic rings. The number of rotatable bonds is 5. The Kier molecular flexibility index (Phi) is 5.68. The van der Waals surface area contributed by atoms with Crippen LogP contribution in [-0.4, -0.2) is 37.1 Å². The highest BCUT2D eigenvalue weighted by Gasteiger charge is 2.15. The molecule has 0 aliphatic carbocycles. The fourth-order valence-electron chi connectivity index (χ4n) is 2.48. The highest BCUT2D eigenvalue weighted by Crippen LogP contribution is 2.14. The monoisotopic (exact) mass is 295 g/mol. The molecule has 1 atom stereocenters. The van der Waals surface area contributed by atoms with E-state index >= 15 is 0 Å². The molecule has 0 bridgehead atoms. The van der Waals surface area contributed by atoms with Crippen molar-refractivity contribution in [3.05, 3.63) is 29.3 Å². The topological polar surface area (TPSA) is 44.4 Å². The van der Waals surface area contributed by atoms with Gasteiger partial charge in [-0.25, -0.2) is 4.79 Å². The highest BCUT2D eigenvalue weighted by atomic mass is 35.5. The number of nitrogens with zero attached hydrogens (tertiary/aromatic N) is 1. The van der Waals surface area contributed by atoms with Crippen LogP contribution in [0.5, 0.6) is 0 Å². The first-order chi connectivity index (χ1) is 9.63. The second kappa shape index (κ2) is 7.50. The smallest absolute Gasteiger partial charge is 0.319 e. The molecular formula is C15H22ClN3O. The summed E-state index contributed by atoms with van der Waals surface area (Å²) in [6, 6.07) is 6.96. The number of amides is 2. The van der Waals surface area contributed by atoms with Crippen LogP contribution in [-0.2, 0) is 0 Å². The molecule has 1 heterocycles. The van der Waals surface area contributed by atoms with E-state index in [1.807, 2.05) is 12.1 Å². The van der Waals surface area contributed by atoms with Crippen LogP contribution in [0.15, 0.2) is 24.3 Å². The van der Waals surface area contributed by atoms with E-state index in [-0.39, 0.29) is 6.03 Å². The maximum atomic E-state index is 11.8. The Bertz CT molecular complexity index is 446. The number of carbonyl (C=O) groups excluding carboxylic acids is 1. The standard InChI is InChI=1S/C15H22ClN3O/c1-12(11-19-7-2-3-8-19)10-17-15(20)18-14-6-4-5-13(16)9-14/h4-6,9,12H,2-3,7-8,10-11H2,1H3,(H2,17,18,20)/t12-/m1/s1. The number of halogens is 1. The van der Waals surface area contributed by atoms with Gasteiger partial charge in [0.2, 0.25) is 0 Å². The molecule has 1 saturated heterocycles. The molecule has 1 aromatic carbocycles. The first-order valence-electron chi connectivity index (χ1n) is 7.16. The van der Waals surface area contributed by atoms with E-state index in [1.165, 1.54) is 25.9 Å². The highest BCUT2D eigenvalue weighted by molar-refractivity contribution is 6.30. The third-order valence-electron chi connectivity index (χ3n) is 3.46. The van der Waals surface area contributed by atoms with E-state index in [9.17, 15) is 4.79 Å². The molecule has 1 aromatic rings. The van der Waals surface area contributed by atoms with Gasteiger partial charge in [-0.3, -0.25) is 0 Å². The van der Waals surface area contributed by atoms with Gasteiger partial charge in [0.15, 0.2) is 0 Å². The maximum absolute atomic E-state index is 11.8. The second-order valence-electron chi connectivity index (χ2n) is 5.46. The zero-order chi connectivity index (χ0) is 14.4. The average Bonchev–Trinajstić information content (AvgIpc) is 2.89. The van der Waals surface area contributed by atoms with Crippen LogP contribution in [0.3, 0.4) is 0 Å². The van der Waals surface area contributed by atoms with Gasteiger partial charge in [-0.1, -0.05) is 24.6 Å². The van der Waals surface area contributed by atoms with Gasteiger partial charge < -0.3 is 15.5 Å². The fourth-order valence-corrected chi connectivity index (χ4v) is 2.67. The van der Waals surface area contributed by atoms with Crippen LogP contribution in [0.4, 0.5) is 10.5 Å². The van der Waals surface area contributed by atoms with E-state index < -0.39 is 0 Å². The lowest BCUT2D eigenvalue weighted by Crippen LogP contribution is -2.36. The minimum Gasteiger partial charge on any atom is -0.338 e. The van der Waals surface area contributed by atoms with Gasteiger partial charge in [0.1, 0.15) is 0 Å². The number of hydrogen-bond acceptors (Lipinski definition) is 2. The van der Waals surface area contributed by atoms with E-state index in [2.05, 4.69) is 22.5 Å². The normalized spacial score (nSPS) is 16.9. The molecule has 0 saturated carbocycles. The van der Waals surface area contributed by atoms with Crippen molar-refractivity contribution >= 4 is 23.3 Å². The number of nitrogens with one attached hydrogen (secondary N) is 2. The molecule has 1 fully saturated rings. The van der Waals surface area contributed by atoms with Crippen molar-refractivity contribution < 1.29 is 4.79 Å². The minimum atomic E-state index is -0.180. The van der Waals surface area contributed by atoms with Crippen molar-refractivity contribution in [2.75, 3.05) is 31.5 Å². The molecule has 0 aromatic heterocycles. The molecular weight excluding hydrogens is 274 g/mol. The molecule has 2 N–H and O–H groups in total. The molecule has 5 heteroatoms. The fraction of sp³-hybridized carbons (Fsp3) is 0.533. The van der Waals surface area contributed by atoms with Gasteiger partial charge in [-0.2, -0.15) is 0 Å². The summed E-state index contributed by atoms with van der Waals surface area (Å²) < 4.78 is 0. The molecule has 0 unspecified atom stereocenters. The van der Waals surface area contributed by atoms with Crippen LogP contribution >= 0.6 is 11.6 Å². The number of likely N-dealkylation sites (tertiary alicyclic amines) is 1. The molecule has 20 heavy (non-hydrogen) atoms. The zero-order valence-electron chi connectivity index (χ0n) is 11.9. The van der Waals surface area contributed by atoms with Gasteiger partial charge in [-0.05, 0) is 50.0 Å². The van der Waals surface area contributed by atoms with Crippen LogP contribution in [0.1, 0.15) is 19.8 Å². The first-order valence-corrected chi connectivity index (χ1v) is 7.54. The lowest BCUT2D eigenvalue weighted by atomic mass is 10.1. The number of hydrogen-bond donors (Lipinski definition) is 2. The summed E-state index contributed by atoms with van der Waals surface area (Å²) in [4.78, 5) is 14.2. The third-order valence-corrected chi connectivity index (χ3v) is 3.70. The van der Waals surface area contributed by atoms with Crippen LogP contribution in [0.2, 0.25) is 5.02 Å². The van der Waals surface area contributed by atoms with Crippen molar-refractivity contribution in [3.8, 4) is 0 Å². The Balaban J connectivity index is 1.69. The lowest BCUT2D eigenvalue weighted by molar-refractivity contribution is 0.245. The Hall–Kier alpha value is -1.26. The number of benzene rings is 1. The molecule has 110 valence electrons. The number of urea groups is 1. The Morgan fingerprint density at radius 2 is 2.15 bits per heavy atom. The van der Waals surface area contributed by atoms with Gasteiger partial charge in [0, 0.05) is 23.8 Å². The zero-order valence-corrected chi connectivity index (χ0v) is 12.6. The second-order valence-corrected chi connectivity index (χ2v) is 5.89. The third kappa shape index (κ3) is 5.02. The molecule has 2 rings (SSSR count). The summed E-state index contributed by atoms with van der Waals surface area (Å²) >= 11 is 5.87. The Morgan fingerprint density at radius 1 is 1.40 bits per heavy atom. The van der Waals surface area contributed by atoms with Crippen molar-refractivity contribution in [2.24, 2.45) is 5.92 Å². The number of anilines is 1. The summed E-state index contributed by atoms with van der Waals surface area (Å²) in [6.07, 6.45) is 2.60. The van der Waals surface area contributed by atoms with Gasteiger partial charge in [0.25, 0.3) is 0 Å². The molecule has 2 amide bonds. The Labute approximate surface area is 125 Å². The van der Waals surface area contributed by atoms with Crippen molar-refractivity contribution in [3.63, 3.8) is 0 Å². The van der Waals surface area contributed by atoms with E-state index in [4.69, 9.17) is 11.6 Å². The minimum absolute atomic E-state index is 0.180. The van der Waals surface area contributed by atoms with Gasteiger partial charge >= 0.3 is 6.03 Å². The Morgan fingerprint density at radius 3 is 2.85 bits per heavy atom. The van der Waals surface area contributed by atoms with Crippen LogP contribution < -0.4 is 10.6 Å². The summed E-state index contributed by atoms with van der Waals surface area (Å²) in [5.74, 6) is 0.457. The molecule has 0 spiro atoms. The lowest BCUT2D eigenvalue weighted by Gasteiger charge is -2.20. The van der Waals surface area contributed by atoms with E-state index in [1.54, 1.807) is 12.1 Å². The average molecular weight is 296 g/mol. The van der Waals surface area contributed by atoms with Crippen molar-refractivity contribution in [1.29, 1.82) is 0 Å². The largest absolute Gasteiger partial charge is 0.338 e. The molecule has 0 radical (unpaired) electrons. The van der Waals surface area contributed by atoms with Crippen molar-refractivity contribution in [2.45, 2.75) is 19.8 Å². The summed E-state index contributed by atoms with van der Waals surface area (Å²) in [7, 11) is 0. The maximum Gasteiger partial charge on any atom is 0.319 e. The number of carbonyl (C=O) groups is 1. The summed E-state index contributed by atoms with van der Waals surface area (Å²) in [5, 5.41) is 6.30. The van der Waals surface area contributed by atoms with Gasteiger partial charge in [0.05, 0.1) is 0 Å². The summed E-state index contributed by atoms with van der Waals surface area (Å²) in [6.45, 7) is 6.29. The predicted molar refractivity (Wildman–Crippen MR) is 83.3 cm³/mol. The van der Waals surface area contributed by atoms with E-state index in [0.29, 0.717) is 23.2 Å². The van der Waals surface area contributed by atoms with E-state index in [0.717, 1.165) is 6.54 Å². The summed E-state index contributed by atoms with van der Waals surface area (Å²) in [5.41, 5.74) is 0.710. The quantitative estimate of drug-likeness (QED) is 0.876. The van der Waals surface area contributed by atoms with Crippen molar-refractivity contribution in [1.82, 2.24) is 10.2 Å². The molecule has 4 nitrogen and oxygen atoms in total. The van der Waals surface area contributed by atoms with Gasteiger partial charge in [-0.15, -0.1) is 0 Å².